The van der Waals surface area contributed by atoms with Gasteiger partial charge in [0, 0.05) is 16.3 Å². The molecule has 104 valence electrons. The minimum absolute atomic E-state index is 0.404. The van der Waals surface area contributed by atoms with Gasteiger partial charge in [0.25, 0.3) is 0 Å². The van der Waals surface area contributed by atoms with Gasteiger partial charge in [-0.2, -0.15) is 0 Å². The molecule has 0 unspecified atom stereocenters. The molecule has 0 bridgehead atoms. The van der Waals surface area contributed by atoms with E-state index in [1.807, 2.05) is 0 Å². The lowest BCUT2D eigenvalue weighted by molar-refractivity contribution is 0.293. The van der Waals surface area contributed by atoms with Gasteiger partial charge in [0.2, 0.25) is 4.90 Å². The van der Waals surface area contributed by atoms with Gasteiger partial charge in [-0.1, -0.05) is 24.3 Å². The van der Waals surface area contributed by atoms with E-state index in [1.54, 1.807) is 0 Å². The van der Waals surface area contributed by atoms with Crippen LogP contribution < -0.4 is 4.74 Å². The molecule has 1 saturated carbocycles. The van der Waals surface area contributed by atoms with Crippen LogP contribution in [0.15, 0.2) is 41.3 Å². The quantitative estimate of drug-likeness (QED) is 0.757. The predicted molar refractivity (Wildman–Crippen MR) is 86.8 cm³/mol. The van der Waals surface area contributed by atoms with E-state index in [9.17, 15) is 0 Å². The SMILES string of the molecule is c1ccc2c([S+]3CCCC3)c(OCC3CC3)ccc2c1. The molecule has 1 aliphatic carbocycles. The Morgan fingerprint density at radius 3 is 2.60 bits per heavy atom. The van der Waals surface area contributed by atoms with Crippen molar-refractivity contribution in [2.24, 2.45) is 5.92 Å². The summed E-state index contributed by atoms with van der Waals surface area (Å²) in [6.07, 6.45) is 5.48. The molecular formula is C18H21OS+. The van der Waals surface area contributed by atoms with Gasteiger partial charge in [0.05, 0.1) is 6.61 Å². The van der Waals surface area contributed by atoms with Crippen molar-refractivity contribution in [2.75, 3.05) is 18.1 Å². The smallest absolute Gasteiger partial charge is 0.204 e. The van der Waals surface area contributed by atoms with E-state index in [4.69, 9.17) is 4.74 Å². The summed E-state index contributed by atoms with van der Waals surface area (Å²) in [7, 11) is 0.404. The Morgan fingerprint density at radius 1 is 1.00 bits per heavy atom. The van der Waals surface area contributed by atoms with Crippen LogP contribution in [0.2, 0.25) is 0 Å². The van der Waals surface area contributed by atoms with Gasteiger partial charge in [-0.05, 0) is 49.1 Å². The second-order valence-corrected chi connectivity index (χ2v) is 8.19. The number of ether oxygens (including phenoxy) is 1. The lowest BCUT2D eigenvalue weighted by Gasteiger charge is -2.12. The van der Waals surface area contributed by atoms with Gasteiger partial charge < -0.3 is 4.74 Å². The molecule has 1 nitrogen and oxygen atoms in total. The summed E-state index contributed by atoms with van der Waals surface area (Å²) in [5, 5.41) is 2.78. The Kier molecular flexibility index (Phi) is 3.35. The van der Waals surface area contributed by atoms with Crippen LogP contribution in [0.3, 0.4) is 0 Å². The van der Waals surface area contributed by atoms with E-state index in [0.717, 1.165) is 12.5 Å². The standard InChI is InChI=1S/C18H21OS/c1-2-6-16-15(5-1)9-10-17(19-13-14-7-8-14)18(16)20-11-3-4-12-20/h1-2,5-6,9-10,14H,3-4,7-8,11-13H2/q+1. The Labute approximate surface area is 123 Å². The third-order valence-electron chi connectivity index (χ3n) is 4.34. The monoisotopic (exact) mass is 285 g/mol. The van der Waals surface area contributed by atoms with Crippen LogP contribution in [0.4, 0.5) is 0 Å². The highest BCUT2D eigenvalue weighted by molar-refractivity contribution is 7.97. The molecule has 2 aromatic rings. The maximum Gasteiger partial charge on any atom is 0.204 e. The predicted octanol–water partition coefficient (Wildman–Crippen LogP) is 4.40. The molecule has 1 heterocycles. The lowest BCUT2D eigenvalue weighted by Crippen LogP contribution is -2.09. The zero-order valence-electron chi connectivity index (χ0n) is 11.8. The normalized spacial score (nSPS) is 19.6. The average molecular weight is 285 g/mol. The highest BCUT2D eigenvalue weighted by atomic mass is 32.2. The molecule has 2 fully saturated rings. The summed E-state index contributed by atoms with van der Waals surface area (Å²) in [4.78, 5) is 1.52. The first-order valence-corrected chi connectivity index (χ1v) is 9.30. The van der Waals surface area contributed by atoms with Crippen molar-refractivity contribution in [3.05, 3.63) is 36.4 Å². The lowest BCUT2D eigenvalue weighted by atomic mass is 10.1. The first-order valence-electron chi connectivity index (χ1n) is 7.74. The van der Waals surface area contributed by atoms with Crippen molar-refractivity contribution in [1.29, 1.82) is 0 Å². The molecule has 0 spiro atoms. The van der Waals surface area contributed by atoms with E-state index in [-0.39, 0.29) is 0 Å². The van der Waals surface area contributed by atoms with Crippen molar-refractivity contribution in [1.82, 2.24) is 0 Å². The van der Waals surface area contributed by atoms with Crippen LogP contribution in [0.5, 0.6) is 5.75 Å². The molecule has 0 atom stereocenters. The first-order chi connectivity index (χ1) is 9.92. The number of hydrogen-bond donors (Lipinski definition) is 0. The largest absolute Gasteiger partial charge is 0.488 e. The van der Waals surface area contributed by atoms with Crippen LogP contribution in [0.25, 0.3) is 10.8 Å². The third kappa shape index (κ3) is 2.42. The average Bonchev–Trinajstić information content (AvgIpc) is 3.17. The summed E-state index contributed by atoms with van der Waals surface area (Å²) >= 11 is 0. The number of hydrogen-bond acceptors (Lipinski definition) is 1. The molecule has 2 aromatic carbocycles. The van der Waals surface area contributed by atoms with Gasteiger partial charge in [0.1, 0.15) is 11.5 Å². The van der Waals surface area contributed by atoms with E-state index < -0.39 is 0 Å². The Balaban J connectivity index is 1.76. The number of benzene rings is 2. The zero-order chi connectivity index (χ0) is 13.4. The van der Waals surface area contributed by atoms with Gasteiger partial charge in [0.15, 0.2) is 5.75 Å². The van der Waals surface area contributed by atoms with Crippen molar-refractivity contribution in [2.45, 2.75) is 30.6 Å². The summed E-state index contributed by atoms with van der Waals surface area (Å²) in [6, 6.07) is 13.2. The molecule has 0 radical (unpaired) electrons. The Bertz CT molecular complexity index is 612. The molecule has 2 aliphatic rings. The van der Waals surface area contributed by atoms with E-state index in [1.165, 1.54) is 58.6 Å². The van der Waals surface area contributed by atoms with Crippen LogP contribution >= 0.6 is 0 Å². The Hall–Kier alpha value is -1.15. The molecule has 20 heavy (non-hydrogen) atoms. The van der Waals surface area contributed by atoms with Gasteiger partial charge in [-0.15, -0.1) is 0 Å². The van der Waals surface area contributed by atoms with E-state index in [0.29, 0.717) is 10.9 Å². The molecular weight excluding hydrogens is 264 g/mol. The summed E-state index contributed by atoms with van der Waals surface area (Å²) in [5.41, 5.74) is 0. The van der Waals surface area contributed by atoms with Crippen LogP contribution in [-0.4, -0.2) is 18.1 Å². The first kappa shape index (κ1) is 12.6. The highest BCUT2D eigenvalue weighted by Gasteiger charge is 2.33. The summed E-state index contributed by atoms with van der Waals surface area (Å²) in [6.45, 7) is 0.919. The van der Waals surface area contributed by atoms with Crippen molar-refractivity contribution < 1.29 is 4.74 Å². The molecule has 0 amide bonds. The van der Waals surface area contributed by atoms with Gasteiger partial charge in [-0.3, -0.25) is 0 Å². The van der Waals surface area contributed by atoms with Crippen molar-refractivity contribution >= 4 is 21.7 Å². The van der Waals surface area contributed by atoms with Gasteiger partial charge >= 0.3 is 0 Å². The number of fused-ring (bicyclic) bond motifs is 1. The van der Waals surface area contributed by atoms with Crippen molar-refractivity contribution in [3.63, 3.8) is 0 Å². The number of rotatable bonds is 4. The second kappa shape index (κ2) is 5.33. The van der Waals surface area contributed by atoms with E-state index in [2.05, 4.69) is 36.4 Å². The Morgan fingerprint density at radius 2 is 1.80 bits per heavy atom. The van der Waals surface area contributed by atoms with Crippen LogP contribution in [-0.2, 0) is 10.9 Å². The minimum Gasteiger partial charge on any atom is -0.488 e. The van der Waals surface area contributed by atoms with Crippen molar-refractivity contribution in [3.8, 4) is 5.75 Å². The molecule has 1 aliphatic heterocycles. The highest BCUT2D eigenvalue weighted by Crippen LogP contribution is 2.38. The maximum absolute atomic E-state index is 6.19. The zero-order valence-corrected chi connectivity index (χ0v) is 12.6. The maximum atomic E-state index is 6.19. The summed E-state index contributed by atoms with van der Waals surface area (Å²) in [5.74, 6) is 4.70. The third-order valence-corrected chi connectivity index (χ3v) is 6.90. The molecule has 2 heteroatoms. The molecule has 0 N–H and O–H groups in total. The van der Waals surface area contributed by atoms with Crippen LogP contribution in [0.1, 0.15) is 25.7 Å². The molecule has 0 aromatic heterocycles. The molecule has 1 saturated heterocycles. The van der Waals surface area contributed by atoms with Gasteiger partial charge in [-0.25, -0.2) is 0 Å². The topological polar surface area (TPSA) is 9.23 Å². The minimum atomic E-state index is 0.404. The van der Waals surface area contributed by atoms with E-state index >= 15 is 0 Å². The fraction of sp³-hybridized carbons (Fsp3) is 0.444. The fourth-order valence-electron chi connectivity index (χ4n) is 2.99. The van der Waals surface area contributed by atoms with Crippen LogP contribution in [0, 0.1) is 5.92 Å². The fourth-order valence-corrected chi connectivity index (χ4v) is 5.61. The second-order valence-electron chi connectivity index (χ2n) is 5.98. The molecule has 4 rings (SSSR count). The summed E-state index contributed by atoms with van der Waals surface area (Å²) < 4.78 is 6.19.